The zero-order valence-corrected chi connectivity index (χ0v) is 16.6. The molecule has 29 heavy (non-hydrogen) atoms. The molecule has 1 aliphatic rings. The predicted octanol–water partition coefficient (Wildman–Crippen LogP) is 3.48. The van der Waals surface area contributed by atoms with Gasteiger partial charge in [0.2, 0.25) is 0 Å². The molecular formula is C23H28O6. The number of carbonyl (C=O) groups is 2. The van der Waals surface area contributed by atoms with Crippen LogP contribution in [0.4, 0.5) is 0 Å². The number of allylic oxidation sites excluding steroid dienone is 2. The number of aliphatic hydroxyl groups is 1. The molecule has 0 radical (unpaired) electrons. The number of cyclic esters (lactones) is 1. The van der Waals surface area contributed by atoms with E-state index in [9.17, 15) is 19.8 Å². The van der Waals surface area contributed by atoms with Crippen LogP contribution in [-0.4, -0.2) is 41.0 Å². The Morgan fingerprint density at radius 3 is 2.93 bits per heavy atom. The Morgan fingerprint density at radius 2 is 2.17 bits per heavy atom. The first-order valence-electron chi connectivity index (χ1n) is 9.71. The van der Waals surface area contributed by atoms with E-state index in [-0.39, 0.29) is 36.7 Å². The fraction of sp³-hybridized carbons (Fsp3) is 0.391. The van der Waals surface area contributed by atoms with Crippen molar-refractivity contribution in [2.24, 2.45) is 5.92 Å². The average molecular weight is 400 g/mol. The average Bonchev–Trinajstić information content (AvgIpc) is 2.68. The van der Waals surface area contributed by atoms with Gasteiger partial charge in [-0.1, -0.05) is 49.9 Å². The van der Waals surface area contributed by atoms with E-state index in [0.29, 0.717) is 18.4 Å². The van der Waals surface area contributed by atoms with Crippen LogP contribution in [0.1, 0.15) is 42.1 Å². The Bertz CT molecular complexity index is 780. The third kappa shape index (κ3) is 6.91. The molecule has 0 amide bonds. The second-order valence-corrected chi connectivity index (χ2v) is 7.09. The smallest absolute Gasteiger partial charge is 0.342 e. The molecule has 2 rings (SSSR count). The molecule has 0 saturated carbocycles. The van der Waals surface area contributed by atoms with Gasteiger partial charge in [-0.05, 0) is 30.4 Å². The van der Waals surface area contributed by atoms with Gasteiger partial charge in [0.15, 0.2) is 0 Å². The first kappa shape index (κ1) is 22.4. The maximum Gasteiger partial charge on any atom is 0.342 e. The highest BCUT2D eigenvalue weighted by molar-refractivity contribution is 5.94. The second-order valence-electron chi connectivity index (χ2n) is 7.09. The quantitative estimate of drug-likeness (QED) is 0.447. The molecule has 0 bridgehead atoms. The summed E-state index contributed by atoms with van der Waals surface area (Å²) in [5.74, 6) is -1.34. The molecule has 1 heterocycles. The number of aliphatic hydroxyl groups excluding tert-OH is 1. The van der Waals surface area contributed by atoms with Gasteiger partial charge in [0.1, 0.15) is 24.0 Å². The van der Waals surface area contributed by atoms with Crippen molar-refractivity contribution in [3.05, 3.63) is 66.3 Å². The van der Waals surface area contributed by atoms with Crippen LogP contribution in [-0.2, 0) is 20.7 Å². The van der Waals surface area contributed by atoms with Crippen molar-refractivity contribution >= 4 is 11.9 Å². The Kier molecular flexibility index (Phi) is 8.68. The van der Waals surface area contributed by atoms with Crippen molar-refractivity contribution in [1.82, 2.24) is 0 Å². The maximum absolute atomic E-state index is 12.8. The molecule has 1 aliphatic heterocycles. The zero-order chi connectivity index (χ0) is 21.2. The van der Waals surface area contributed by atoms with Crippen LogP contribution in [0.15, 0.2) is 55.2 Å². The van der Waals surface area contributed by atoms with Gasteiger partial charge >= 0.3 is 11.9 Å². The van der Waals surface area contributed by atoms with E-state index in [4.69, 9.17) is 9.47 Å². The number of fused-ring (bicyclic) bond motifs is 1. The molecular weight excluding hydrogens is 372 g/mol. The van der Waals surface area contributed by atoms with E-state index in [0.717, 1.165) is 0 Å². The summed E-state index contributed by atoms with van der Waals surface area (Å²) in [5, 5.41) is 20.7. The molecule has 0 fully saturated rings. The van der Waals surface area contributed by atoms with Crippen molar-refractivity contribution in [1.29, 1.82) is 0 Å². The van der Waals surface area contributed by atoms with E-state index in [1.807, 2.05) is 19.1 Å². The summed E-state index contributed by atoms with van der Waals surface area (Å²) in [6, 6.07) is 4.90. The van der Waals surface area contributed by atoms with Gasteiger partial charge in [-0.2, -0.15) is 0 Å². The number of rotatable bonds is 5. The molecule has 1 aromatic carbocycles. The molecule has 0 saturated heterocycles. The van der Waals surface area contributed by atoms with Gasteiger partial charge in [0.05, 0.1) is 6.10 Å². The van der Waals surface area contributed by atoms with Crippen LogP contribution in [0.2, 0.25) is 0 Å². The summed E-state index contributed by atoms with van der Waals surface area (Å²) in [5.41, 5.74) is 0.793. The molecule has 2 N–H and O–H groups in total. The number of benzene rings is 1. The minimum absolute atomic E-state index is 0.0166. The summed E-state index contributed by atoms with van der Waals surface area (Å²) in [6.45, 7) is 5.52. The molecule has 6 heteroatoms. The number of aromatic hydroxyl groups is 1. The van der Waals surface area contributed by atoms with Crippen molar-refractivity contribution in [2.75, 3.05) is 6.61 Å². The third-order valence-corrected chi connectivity index (χ3v) is 4.78. The monoisotopic (exact) mass is 400 g/mol. The van der Waals surface area contributed by atoms with E-state index < -0.39 is 24.1 Å². The van der Waals surface area contributed by atoms with Crippen LogP contribution in [0.25, 0.3) is 0 Å². The van der Waals surface area contributed by atoms with Crippen LogP contribution < -0.4 is 0 Å². The summed E-state index contributed by atoms with van der Waals surface area (Å²) in [6.07, 6.45) is 8.45. The second kappa shape index (κ2) is 11.2. The molecule has 0 aliphatic carbocycles. The van der Waals surface area contributed by atoms with Crippen LogP contribution >= 0.6 is 0 Å². The molecule has 0 aromatic heterocycles. The lowest BCUT2D eigenvalue weighted by molar-refractivity contribution is -0.136. The number of hydrogen-bond donors (Lipinski definition) is 2. The Labute approximate surface area is 171 Å². The highest BCUT2D eigenvalue weighted by Crippen LogP contribution is 2.26. The van der Waals surface area contributed by atoms with E-state index in [1.54, 1.807) is 18.2 Å². The van der Waals surface area contributed by atoms with E-state index in [1.165, 1.54) is 18.2 Å². The lowest BCUT2D eigenvalue weighted by Crippen LogP contribution is -2.28. The molecule has 1 aromatic rings. The number of hydrogen-bond acceptors (Lipinski definition) is 6. The van der Waals surface area contributed by atoms with Gasteiger partial charge in [-0.25, -0.2) is 9.59 Å². The predicted molar refractivity (Wildman–Crippen MR) is 109 cm³/mol. The molecule has 3 atom stereocenters. The van der Waals surface area contributed by atoms with Crippen LogP contribution in [0, 0.1) is 5.92 Å². The van der Waals surface area contributed by atoms with Gasteiger partial charge in [-0.3, -0.25) is 0 Å². The Morgan fingerprint density at radius 1 is 1.38 bits per heavy atom. The topological polar surface area (TPSA) is 93.1 Å². The lowest BCUT2D eigenvalue weighted by Gasteiger charge is -2.24. The standard InChI is InChI=1S/C23H28O6/c1-3-14-28-21(26)13-7-11-18-15-20(25)16(2)8-4-5-9-17-10-6-12-19(24)22(17)23(27)29-18/h3-7,10,12-13,16,18,20,24-25H,1,8-9,11,14-15H2,2H3/b5-4+,13-7+/t16-,18?,20+/m0/s1. The molecule has 156 valence electrons. The van der Waals surface area contributed by atoms with Crippen LogP contribution in [0.5, 0.6) is 5.75 Å². The van der Waals surface area contributed by atoms with Crippen molar-refractivity contribution in [3.8, 4) is 5.75 Å². The number of carbonyl (C=O) groups excluding carboxylic acids is 2. The van der Waals surface area contributed by atoms with Gasteiger partial charge in [0.25, 0.3) is 0 Å². The van der Waals surface area contributed by atoms with Crippen LogP contribution in [0.3, 0.4) is 0 Å². The molecule has 0 spiro atoms. The SMILES string of the molecule is C=CCOC(=O)/C=C/CC1C[C@@H](O)[C@@H](C)C/C=C/Cc2cccc(O)c2C(=O)O1. The van der Waals surface area contributed by atoms with E-state index in [2.05, 4.69) is 6.58 Å². The fourth-order valence-electron chi connectivity index (χ4n) is 3.08. The number of ether oxygens (including phenoxy) is 2. The summed E-state index contributed by atoms with van der Waals surface area (Å²) in [4.78, 5) is 24.3. The third-order valence-electron chi connectivity index (χ3n) is 4.78. The summed E-state index contributed by atoms with van der Waals surface area (Å²) < 4.78 is 10.5. The van der Waals surface area contributed by atoms with Crippen molar-refractivity contribution < 1.29 is 29.3 Å². The first-order chi connectivity index (χ1) is 13.9. The Balaban J connectivity index is 2.22. The maximum atomic E-state index is 12.8. The highest BCUT2D eigenvalue weighted by Gasteiger charge is 2.25. The van der Waals surface area contributed by atoms with Gasteiger partial charge in [-0.15, -0.1) is 0 Å². The van der Waals surface area contributed by atoms with Crippen molar-refractivity contribution in [3.63, 3.8) is 0 Å². The highest BCUT2D eigenvalue weighted by atomic mass is 16.5. The van der Waals surface area contributed by atoms with E-state index >= 15 is 0 Å². The zero-order valence-electron chi connectivity index (χ0n) is 16.6. The lowest BCUT2D eigenvalue weighted by atomic mass is 9.93. The van der Waals surface area contributed by atoms with Gasteiger partial charge in [0, 0.05) is 18.9 Å². The number of phenolic OH excluding ortho intramolecular Hbond substituents is 1. The molecule has 6 nitrogen and oxygen atoms in total. The Hall–Kier alpha value is -2.86. The molecule has 1 unspecified atom stereocenters. The normalized spacial score (nSPS) is 23.9. The number of phenols is 1. The largest absolute Gasteiger partial charge is 0.507 e. The minimum atomic E-state index is -0.679. The number of esters is 2. The summed E-state index contributed by atoms with van der Waals surface area (Å²) in [7, 11) is 0. The van der Waals surface area contributed by atoms with Crippen molar-refractivity contribution in [2.45, 2.75) is 44.8 Å². The van der Waals surface area contributed by atoms with Gasteiger partial charge < -0.3 is 19.7 Å². The minimum Gasteiger partial charge on any atom is -0.507 e. The first-order valence-corrected chi connectivity index (χ1v) is 9.71. The fourth-order valence-corrected chi connectivity index (χ4v) is 3.08. The summed E-state index contributed by atoms with van der Waals surface area (Å²) >= 11 is 0.